The van der Waals surface area contributed by atoms with Gasteiger partial charge >= 0.3 is 0 Å². The van der Waals surface area contributed by atoms with Gasteiger partial charge in [-0.25, -0.2) is 0 Å². The number of thiocarbonyl (C=S) groups is 1. The first kappa shape index (κ1) is 11.6. The molecule has 0 spiro atoms. The van der Waals surface area contributed by atoms with Gasteiger partial charge in [-0.2, -0.15) is 0 Å². The van der Waals surface area contributed by atoms with E-state index in [0.717, 1.165) is 24.5 Å². The summed E-state index contributed by atoms with van der Waals surface area (Å²) in [6.45, 7) is 2.32. The lowest BCUT2D eigenvalue weighted by Gasteiger charge is -2.23. The van der Waals surface area contributed by atoms with Crippen molar-refractivity contribution in [3.8, 4) is 0 Å². The molecule has 0 aliphatic carbocycles. The molecule has 1 heterocycles. The van der Waals surface area contributed by atoms with Gasteiger partial charge in [0.25, 0.3) is 0 Å². The standard InChI is InChI=1S/C14H19NS/c16-14(12-13-8-4-3-5-9-13)15-10-6-1-2-7-11-15/h3-5,8-9H,1-2,6-7,10-12H2. The Kier molecular flexibility index (Phi) is 4.34. The zero-order valence-electron chi connectivity index (χ0n) is 9.69. The molecule has 1 aliphatic rings. The molecule has 2 rings (SSSR count). The first-order valence-electron chi connectivity index (χ1n) is 6.18. The Morgan fingerprint density at radius 3 is 2.25 bits per heavy atom. The van der Waals surface area contributed by atoms with E-state index in [1.54, 1.807) is 0 Å². The molecule has 1 nitrogen and oxygen atoms in total. The molecule has 0 N–H and O–H groups in total. The Bertz CT molecular complexity index is 326. The van der Waals surface area contributed by atoms with Gasteiger partial charge in [-0.3, -0.25) is 0 Å². The van der Waals surface area contributed by atoms with Crippen molar-refractivity contribution >= 4 is 17.2 Å². The average molecular weight is 233 g/mol. The van der Waals surface area contributed by atoms with Crippen molar-refractivity contribution in [1.29, 1.82) is 0 Å². The van der Waals surface area contributed by atoms with Gasteiger partial charge in [-0.05, 0) is 18.4 Å². The van der Waals surface area contributed by atoms with Gasteiger partial charge in [0.1, 0.15) is 0 Å². The van der Waals surface area contributed by atoms with Crippen molar-refractivity contribution in [3.05, 3.63) is 35.9 Å². The van der Waals surface area contributed by atoms with Gasteiger partial charge in [0, 0.05) is 19.5 Å². The van der Waals surface area contributed by atoms with Crippen molar-refractivity contribution in [2.24, 2.45) is 0 Å². The minimum atomic E-state index is 0.927. The lowest BCUT2D eigenvalue weighted by Crippen LogP contribution is -2.31. The molecule has 2 heteroatoms. The summed E-state index contributed by atoms with van der Waals surface area (Å²) in [6.07, 6.45) is 6.26. The second kappa shape index (κ2) is 6.00. The van der Waals surface area contributed by atoms with Crippen LogP contribution in [0.4, 0.5) is 0 Å². The molecular weight excluding hydrogens is 214 g/mol. The van der Waals surface area contributed by atoms with E-state index in [0.29, 0.717) is 0 Å². The van der Waals surface area contributed by atoms with Gasteiger partial charge in [0.15, 0.2) is 0 Å². The molecule has 0 unspecified atom stereocenters. The quantitative estimate of drug-likeness (QED) is 0.720. The summed E-state index contributed by atoms with van der Waals surface area (Å²) in [5.74, 6) is 0. The van der Waals surface area contributed by atoms with Crippen molar-refractivity contribution in [1.82, 2.24) is 4.90 Å². The van der Waals surface area contributed by atoms with Crippen molar-refractivity contribution in [3.63, 3.8) is 0 Å². The molecule has 0 aromatic heterocycles. The van der Waals surface area contributed by atoms with Crippen LogP contribution in [0.3, 0.4) is 0 Å². The molecule has 0 saturated carbocycles. The Morgan fingerprint density at radius 1 is 1.00 bits per heavy atom. The SMILES string of the molecule is S=C(Cc1ccccc1)N1CCCCCC1. The third-order valence-electron chi connectivity index (χ3n) is 3.16. The molecule has 16 heavy (non-hydrogen) atoms. The molecule has 0 bridgehead atoms. The van der Waals surface area contributed by atoms with E-state index in [1.165, 1.54) is 31.2 Å². The lowest BCUT2D eigenvalue weighted by atomic mass is 10.1. The number of hydrogen-bond donors (Lipinski definition) is 0. The van der Waals surface area contributed by atoms with Gasteiger partial charge in [-0.1, -0.05) is 55.4 Å². The molecular formula is C14H19NS. The minimum absolute atomic E-state index is 0.927. The average Bonchev–Trinajstić information content (AvgIpc) is 2.59. The number of benzene rings is 1. The van der Waals surface area contributed by atoms with Gasteiger partial charge in [0.2, 0.25) is 0 Å². The third kappa shape index (κ3) is 3.31. The van der Waals surface area contributed by atoms with Crippen molar-refractivity contribution in [2.45, 2.75) is 32.1 Å². The molecule has 86 valence electrons. The maximum Gasteiger partial charge on any atom is 0.0823 e. The summed E-state index contributed by atoms with van der Waals surface area (Å²) in [4.78, 5) is 3.52. The van der Waals surface area contributed by atoms with Crippen LogP contribution in [0.15, 0.2) is 30.3 Å². The maximum absolute atomic E-state index is 5.54. The fourth-order valence-electron chi connectivity index (χ4n) is 2.20. The Balaban J connectivity index is 1.92. The van der Waals surface area contributed by atoms with Crippen molar-refractivity contribution < 1.29 is 0 Å². The largest absolute Gasteiger partial charge is 0.366 e. The second-order valence-electron chi connectivity index (χ2n) is 4.46. The van der Waals surface area contributed by atoms with Crippen LogP contribution in [0, 0.1) is 0 Å². The fraction of sp³-hybridized carbons (Fsp3) is 0.500. The van der Waals surface area contributed by atoms with Crippen LogP contribution < -0.4 is 0 Å². The van der Waals surface area contributed by atoms with Crippen LogP contribution in [0.5, 0.6) is 0 Å². The predicted molar refractivity (Wildman–Crippen MR) is 72.8 cm³/mol. The molecule has 0 atom stereocenters. The highest BCUT2D eigenvalue weighted by Crippen LogP contribution is 2.12. The zero-order valence-corrected chi connectivity index (χ0v) is 10.5. The van der Waals surface area contributed by atoms with E-state index < -0.39 is 0 Å². The van der Waals surface area contributed by atoms with Gasteiger partial charge < -0.3 is 4.90 Å². The Hall–Kier alpha value is -0.890. The number of likely N-dealkylation sites (tertiary alicyclic amines) is 1. The molecule has 1 aromatic carbocycles. The smallest absolute Gasteiger partial charge is 0.0823 e. The highest BCUT2D eigenvalue weighted by Gasteiger charge is 2.12. The van der Waals surface area contributed by atoms with E-state index in [9.17, 15) is 0 Å². The molecule has 0 amide bonds. The van der Waals surface area contributed by atoms with Crippen LogP contribution in [-0.2, 0) is 6.42 Å². The van der Waals surface area contributed by atoms with Crippen molar-refractivity contribution in [2.75, 3.05) is 13.1 Å². The Morgan fingerprint density at radius 2 is 1.62 bits per heavy atom. The van der Waals surface area contributed by atoms with E-state index in [1.807, 2.05) is 0 Å². The molecule has 1 aliphatic heterocycles. The van der Waals surface area contributed by atoms with Gasteiger partial charge in [0.05, 0.1) is 4.99 Å². The molecule has 0 radical (unpaired) electrons. The van der Waals surface area contributed by atoms with E-state index in [2.05, 4.69) is 35.2 Å². The maximum atomic E-state index is 5.54. The number of nitrogens with zero attached hydrogens (tertiary/aromatic N) is 1. The van der Waals surface area contributed by atoms with E-state index in [4.69, 9.17) is 12.2 Å². The summed E-state index contributed by atoms with van der Waals surface area (Å²) in [7, 11) is 0. The summed E-state index contributed by atoms with van der Waals surface area (Å²) < 4.78 is 0. The van der Waals surface area contributed by atoms with Crippen LogP contribution in [0.1, 0.15) is 31.2 Å². The van der Waals surface area contributed by atoms with E-state index in [-0.39, 0.29) is 0 Å². The topological polar surface area (TPSA) is 3.24 Å². The third-order valence-corrected chi connectivity index (χ3v) is 3.56. The second-order valence-corrected chi connectivity index (χ2v) is 4.93. The predicted octanol–water partition coefficient (Wildman–Crippen LogP) is 3.43. The number of hydrogen-bond acceptors (Lipinski definition) is 1. The van der Waals surface area contributed by atoms with Gasteiger partial charge in [-0.15, -0.1) is 0 Å². The Labute approximate surface area is 103 Å². The van der Waals surface area contributed by atoms with Crippen LogP contribution in [0.2, 0.25) is 0 Å². The zero-order chi connectivity index (χ0) is 11.2. The summed E-state index contributed by atoms with van der Waals surface area (Å²) in [5, 5.41) is 0. The lowest BCUT2D eigenvalue weighted by molar-refractivity contribution is 0.436. The summed E-state index contributed by atoms with van der Waals surface area (Å²) in [5.41, 5.74) is 1.33. The van der Waals surface area contributed by atoms with Crippen LogP contribution >= 0.6 is 12.2 Å². The molecule has 1 saturated heterocycles. The molecule has 1 fully saturated rings. The first-order valence-corrected chi connectivity index (χ1v) is 6.59. The highest BCUT2D eigenvalue weighted by atomic mass is 32.1. The fourth-order valence-corrected chi connectivity index (χ4v) is 2.55. The first-order chi connectivity index (χ1) is 7.86. The van der Waals surface area contributed by atoms with Crippen LogP contribution in [-0.4, -0.2) is 23.0 Å². The van der Waals surface area contributed by atoms with Crippen LogP contribution in [0.25, 0.3) is 0 Å². The monoisotopic (exact) mass is 233 g/mol. The highest BCUT2D eigenvalue weighted by molar-refractivity contribution is 7.80. The normalized spacial score (nSPS) is 16.9. The minimum Gasteiger partial charge on any atom is -0.366 e. The summed E-state index contributed by atoms with van der Waals surface area (Å²) in [6, 6.07) is 10.5. The summed E-state index contributed by atoms with van der Waals surface area (Å²) >= 11 is 5.54. The van der Waals surface area contributed by atoms with E-state index >= 15 is 0 Å². The molecule has 1 aromatic rings. The number of rotatable bonds is 2.